The Kier molecular flexibility index (Phi) is 5.67. The van der Waals surface area contributed by atoms with E-state index in [9.17, 15) is 14.0 Å². The van der Waals surface area contributed by atoms with Crippen molar-refractivity contribution in [3.63, 3.8) is 0 Å². The number of amides is 1. The van der Waals surface area contributed by atoms with Crippen molar-refractivity contribution >= 4 is 12.1 Å². The molecule has 0 aliphatic heterocycles. The molecule has 0 saturated heterocycles. The fourth-order valence-corrected chi connectivity index (χ4v) is 3.71. The largest absolute Gasteiger partial charge is 0.478 e. The molecule has 0 spiro atoms. The van der Waals surface area contributed by atoms with Gasteiger partial charge in [0.2, 0.25) is 0 Å². The van der Waals surface area contributed by atoms with E-state index in [0.717, 1.165) is 40.5 Å². The number of carboxylic acids is 1. The highest BCUT2D eigenvalue weighted by atomic mass is 19.1. The van der Waals surface area contributed by atoms with Crippen LogP contribution in [0, 0.1) is 17.7 Å². The van der Waals surface area contributed by atoms with E-state index in [4.69, 9.17) is 9.84 Å². The van der Waals surface area contributed by atoms with Gasteiger partial charge in [-0.15, -0.1) is 0 Å². The number of fused-ring (bicyclic) bond motifs is 3. The van der Waals surface area contributed by atoms with Gasteiger partial charge in [0.05, 0.1) is 12.1 Å². The fourth-order valence-electron chi connectivity index (χ4n) is 3.71. The topological polar surface area (TPSA) is 75.6 Å². The van der Waals surface area contributed by atoms with Crippen molar-refractivity contribution in [1.82, 2.24) is 5.32 Å². The van der Waals surface area contributed by atoms with Crippen LogP contribution in [0.1, 0.15) is 33.0 Å². The van der Waals surface area contributed by atoms with Crippen LogP contribution in [0.3, 0.4) is 0 Å². The van der Waals surface area contributed by atoms with Crippen molar-refractivity contribution in [2.24, 2.45) is 0 Å². The van der Waals surface area contributed by atoms with Crippen LogP contribution in [0.2, 0.25) is 0 Å². The minimum absolute atomic E-state index is 0.0434. The molecule has 154 valence electrons. The molecule has 1 aliphatic rings. The number of halogens is 1. The maximum atomic E-state index is 13.4. The highest BCUT2D eigenvalue weighted by molar-refractivity contribution is 5.90. The van der Waals surface area contributed by atoms with E-state index in [1.165, 1.54) is 0 Å². The lowest BCUT2D eigenvalue weighted by Gasteiger charge is -2.14. The number of nitrogens with one attached hydrogen (secondary N) is 1. The third-order valence-electron chi connectivity index (χ3n) is 5.10. The van der Waals surface area contributed by atoms with Crippen LogP contribution in [0.25, 0.3) is 11.1 Å². The van der Waals surface area contributed by atoms with E-state index < -0.39 is 17.9 Å². The van der Waals surface area contributed by atoms with E-state index in [-0.39, 0.29) is 30.2 Å². The molecule has 0 atom stereocenters. The summed E-state index contributed by atoms with van der Waals surface area (Å²) >= 11 is 0. The van der Waals surface area contributed by atoms with Crippen molar-refractivity contribution < 1.29 is 23.8 Å². The first-order chi connectivity index (χ1) is 15.0. The lowest BCUT2D eigenvalue weighted by atomic mass is 9.98. The summed E-state index contributed by atoms with van der Waals surface area (Å²) in [5, 5.41) is 11.6. The summed E-state index contributed by atoms with van der Waals surface area (Å²) in [7, 11) is 0. The second-order valence-electron chi connectivity index (χ2n) is 6.98. The summed E-state index contributed by atoms with van der Waals surface area (Å²) < 4.78 is 18.8. The van der Waals surface area contributed by atoms with Crippen LogP contribution in [-0.4, -0.2) is 30.3 Å². The third-order valence-corrected chi connectivity index (χ3v) is 5.10. The van der Waals surface area contributed by atoms with Gasteiger partial charge in [0.15, 0.2) is 0 Å². The number of benzene rings is 3. The molecule has 1 amide bonds. The second kappa shape index (κ2) is 8.72. The van der Waals surface area contributed by atoms with Gasteiger partial charge < -0.3 is 15.2 Å². The second-order valence-corrected chi connectivity index (χ2v) is 6.98. The quantitative estimate of drug-likeness (QED) is 0.619. The van der Waals surface area contributed by atoms with Crippen molar-refractivity contribution in [2.75, 3.05) is 13.2 Å². The van der Waals surface area contributed by atoms with Crippen molar-refractivity contribution in [3.05, 3.63) is 94.8 Å². The van der Waals surface area contributed by atoms with E-state index in [2.05, 4.69) is 29.3 Å². The zero-order valence-corrected chi connectivity index (χ0v) is 16.4. The Morgan fingerprint density at radius 2 is 1.65 bits per heavy atom. The average molecular weight is 415 g/mol. The minimum atomic E-state index is -1.20. The molecule has 6 heteroatoms. The molecule has 0 unspecified atom stereocenters. The van der Waals surface area contributed by atoms with Crippen LogP contribution >= 0.6 is 0 Å². The van der Waals surface area contributed by atoms with Crippen LogP contribution in [0.5, 0.6) is 0 Å². The Morgan fingerprint density at radius 1 is 1.00 bits per heavy atom. The van der Waals surface area contributed by atoms with Crippen molar-refractivity contribution in [1.29, 1.82) is 0 Å². The zero-order valence-electron chi connectivity index (χ0n) is 16.4. The summed E-state index contributed by atoms with van der Waals surface area (Å²) in [6.45, 7) is 0.118. The van der Waals surface area contributed by atoms with E-state index >= 15 is 0 Å². The highest BCUT2D eigenvalue weighted by Gasteiger charge is 2.28. The summed E-state index contributed by atoms with van der Waals surface area (Å²) in [5.41, 5.74) is 4.45. The Labute approximate surface area is 178 Å². The minimum Gasteiger partial charge on any atom is -0.478 e. The van der Waals surface area contributed by atoms with Crippen molar-refractivity contribution in [3.8, 4) is 23.0 Å². The number of carbonyl (C=O) groups excluding carboxylic acids is 1. The van der Waals surface area contributed by atoms with Crippen LogP contribution in [0.4, 0.5) is 9.18 Å². The van der Waals surface area contributed by atoms with Gasteiger partial charge in [0, 0.05) is 11.5 Å². The summed E-state index contributed by atoms with van der Waals surface area (Å²) in [6, 6.07) is 19.3. The lowest BCUT2D eigenvalue weighted by Crippen LogP contribution is -2.26. The lowest BCUT2D eigenvalue weighted by molar-refractivity contribution is 0.0696. The molecule has 0 aromatic heterocycles. The smallest absolute Gasteiger partial charge is 0.407 e. The van der Waals surface area contributed by atoms with E-state index in [1.807, 2.05) is 36.4 Å². The molecule has 0 radical (unpaired) electrons. The van der Waals surface area contributed by atoms with E-state index in [0.29, 0.717) is 0 Å². The number of aromatic carboxylic acids is 1. The number of carbonyl (C=O) groups is 2. The van der Waals surface area contributed by atoms with E-state index in [1.54, 1.807) is 0 Å². The maximum absolute atomic E-state index is 13.4. The molecule has 5 nitrogen and oxygen atoms in total. The molecule has 31 heavy (non-hydrogen) atoms. The molecule has 3 aromatic rings. The average Bonchev–Trinajstić information content (AvgIpc) is 3.09. The Morgan fingerprint density at radius 3 is 2.29 bits per heavy atom. The molecular formula is C25H18FNO4. The number of ether oxygens (including phenoxy) is 1. The van der Waals surface area contributed by atoms with Gasteiger partial charge in [0.25, 0.3) is 0 Å². The van der Waals surface area contributed by atoms with Crippen LogP contribution in [-0.2, 0) is 4.74 Å². The van der Waals surface area contributed by atoms with Gasteiger partial charge in [-0.05, 0) is 40.5 Å². The predicted octanol–water partition coefficient (Wildman–Crippen LogP) is 4.41. The summed E-state index contributed by atoms with van der Waals surface area (Å²) in [6.07, 6.45) is -0.631. The summed E-state index contributed by atoms with van der Waals surface area (Å²) in [5.74, 6) is 3.36. The fraction of sp³-hybridized carbons (Fsp3) is 0.120. The Balaban J connectivity index is 1.37. The van der Waals surface area contributed by atoms with Crippen LogP contribution in [0.15, 0.2) is 66.7 Å². The molecule has 0 fully saturated rings. The summed E-state index contributed by atoms with van der Waals surface area (Å²) in [4.78, 5) is 23.3. The molecule has 0 saturated carbocycles. The third kappa shape index (κ3) is 4.26. The van der Waals surface area contributed by atoms with Gasteiger partial charge in [-0.3, -0.25) is 0 Å². The normalized spacial score (nSPS) is 11.6. The predicted molar refractivity (Wildman–Crippen MR) is 113 cm³/mol. The molecule has 3 aromatic carbocycles. The highest BCUT2D eigenvalue weighted by Crippen LogP contribution is 2.44. The van der Waals surface area contributed by atoms with Gasteiger partial charge in [0.1, 0.15) is 12.4 Å². The molecular weight excluding hydrogens is 397 g/mol. The number of hydrogen-bond donors (Lipinski definition) is 2. The molecule has 1 aliphatic carbocycles. The first-order valence-electron chi connectivity index (χ1n) is 9.65. The molecule has 4 rings (SSSR count). The number of carboxylic acid groups (broad SMARTS) is 1. The van der Waals surface area contributed by atoms with Crippen molar-refractivity contribution in [2.45, 2.75) is 5.92 Å². The standard InChI is InChI=1S/C25H18FNO4/c26-17-11-12-18(24(28)29)16(14-17)6-5-13-27-25(30)31-15-23-21-9-3-1-7-19(21)20-8-2-4-10-22(20)23/h1-4,7-12,14,23H,13,15H2,(H,27,30)(H,28,29). The first kappa shape index (κ1) is 20.2. The van der Waals surface area contributed by atoms with Gasteiger partial charge in [-0.1, -0.05) is 60.4 Å². The number of rotatable bonds is 4. The molecule has 0 bridgehead atoms. The zero-order chi connectivity index (χ0) is 21.8. The van der Waals surface area contributed by atoms with Gasteiger partial charge in [-0.2, -0.15) is 0 Å². The first-order valence-corrected chi connectivity index (χ1v) is 9.65. The van der Waals surface area contributed by atoms with Gasteiger partial charge in [-0.25, -0.2) is 14.0 Å². The maximum Gasteiger partial charge on any atom is 0.407 e. The monoisotopic (exact) mass is 415 g/mol. The Bertz CT molecular complexity index is 1180. The number of alkyl carbamates (subject to hydrolysis) is 1. The number of hydrogen-bond acceptors (Lipinski definition) is 3. The Hall–Kier alpha value is -4.11. The molecule has 0 heterocycles. The van der Waals surface area contributed by atoms with Gasteiger partial charge >= 0.3 is 12.1 Å². The molecule has 2 N–H and O–H groups in total. The SMILES string of the molecule is O=C(NCC#Cc1cc(F)ccc1C(=O)O)OCC1c2ccccc2-c2ccccc21. The van der Waals surface area contributed by atoms with Crippen LogP contribution < -0.4 is 5.32 Å².